The summed E-state index contributed by atoms with van der Waals surface area (Å²) in [6.07, 6.45) is 8.45. The highest BCUT2D eigenvalue weighted by Crippen LogP contribution is 2.38. The second kappa shape index (κ2) is 5.79. The zero-order chi connectivity index (χ0) is 15.0. The van der Waals surface area contributed by atoms with Crippen LogP contribution in [-0.2, 0) is 9.47 Å². The Hall–Kier alpha value is -0.770. The molecule has 2 aliphatic heterocycles. The quantitative estimate of drug-likeness (QED) is 0.796. The molecule has 3 fully saturated rings. The highest BCUT2D eigenvalue weighted by atomic mass is 16.6. The summed E-state index contributed by atoms with van der Waals surface area (Å²) in [6.45, 7) is 6.72. The summed E-state index contributed by atoms with van der Waals surface area (Å²) in [5.74, 6) is 0.798. The third kappa shape index (κ3) is 3.53. The van der Waals surface area contributed by atoms with Crippen molar-refractivity contribution in [2.45, 2.75) is 89.5 Å². The summed E-state index contributed by atoms with van der Waals surface area (Å²) in [7, 11) is 0. The van der Waals surface area contributed by atoms with E-state index in [0.29, 0.717) is 18.2 Å². The zero-order valence-corrected chi connectivity index (χ0v) is 13.6. The van der Waals surface area contributed by atoms with E-state index in [1.54, 1.807) is 0 Å². The van der Waals surface area contributed by atoms with Gasteiger partial charge in [0.15, 0.2) is 0 Å². The van der Waals surface area contributed by atoms with E-state index < -0.39 is 5.60 Å². The molecule has 1 saturated carbocycles. The van der Waals surface area contributed by atoms with Gasteiger partial charge in [0.05, 0.1) is 6.10 Å². The Morgan fingerprint density at radius 3 is 2.19 bits per heavy atom. The molecule has 1 amide bonds. The third-order valence-corrected chi connectivity index (χ3v) is 5.09. The number of ether oxygens (including phenoxy) is 2. The molecule has 4 heteroatoms. The van der Waals surface area contributed by atoms with Crippen LogP contribution >= 0.6 is 0 Å². The molecule has 1 aliphatic carbocycles. The molecule has 0 N–H and O–H groups in total. The summed E-state index contributed by atoms with van der Waals surface area (Å²) >= 11 is 0. The summed E-state index contributed by atoms with van der Waals surface area (Å²) in [6, 6.07) is 0.648. The van der Waals surface area contributed by atoms with Crippen LogP contribution in [-0.4, -0.2) is 41.4 Å². The normalized spacial score (nSPS) is 32.9. The molecule has 4 nitrogen and oxygen atoms in total. The minimum atomic E-state index is -0.409. The van der Waals surface area contributed by atoms with Gasteiger partial charge in [-0.15, -0.1) is 0 Å². The topological polar surface area (TPSA) is 38.8 Å². The van der Waals surface area contributed by atoms with Gasteiger partial charge in [-0.2, -0.15) is 0 Å². The molecule has 3 atom stereocenters. The lowest BCUT2D eigenvalue weighted by molar-refractivity contribution is -0.0489. The maximum absolute atomic E-state index is 12.4. The first-order valence-electron chi connectivity index (χ1n) is 8.55. The Balaban J connectivity index is 1.52. The van der Waals surface area contributed by atoms with E-state index in [0.717, 1.165) is 38.2 Å². The number of carbonyl (C=O) groups is 1. The molecule has 0 aromatic carbocycles. The maximum atomic E-state index is 12.4. The summed E-state index contributed by atoms with van der Waals surface area (Å²) < 4.78 is 11.7. The number of rotatable bonds is 3. The lowest BCUT2D eigenvalue weighted by atomic mass is 9.86. The Morgan fingerprint density at radius 2 is 1.71 bits per heavy atom. The fourth-order valence-corrected chi connectivity index (χ4v) is 3.81. The van der Waals surface area contributed by atoms with Crippen LogP contribution in [0.2, 0.25) is 0 Å². The standard InChI is InChI=1S/C17H29NO3/c1-17(2,3)21-16(19)18-13-7-8-14(18)10-15(9-13)20-11-12-5-4-6-12/h12-15H,4-11H2,1-3H3/t13-,14+,15?. The molecular weight excluding hydrogens is 266 g/mol. The van der Waals surface area contributed by atoms with Crippen LogP contribution in [0.25, 0.3) is 0 Å². The van der Waals surface area contributed by atoms with E-state index in [1.165, 1.54) is 19.3 Å². The molecule has 0 aromatic rings. The monoisotopic (exact) mass is 295 g/mol. The number of fused-ring (bicyclic) bond motifs is 2. The van der Waals surface area contributed by atoms with Gasteiger partial charge in [0.1, 0.15) is 5.60 Å². The van der Waals surface area contributed by atoms with Crippen molar-refractivity contribution in [2.75, 3.05) is 6.61 Å². The van der Waals surface area contributed by atoms with Gasteiger partial charge in [0.25, 0.3) is 0 Å². The third-order valence-electron chi connectivity index (χ3n) is 5.09. The molecule has 0 spiro atoms. The number of piperidine rings is 1. The second-order valence-corrected chi connectivity index (χ2v) is 8.00. The first kappa shape index (κ1) is 15.1. The van der Waals surface area contributed by atoms with E-state index in [-0.39, 0.29) is 6.09 Å². The predicted octanol–water partition coefficient (Wildman–Crippen LogP) is 3.73. The van der Waals surface area contributed by atoms with E-state index in [9.17, 15) is 4.79 Å². The molecule has 21 heavy (non-hydrogen) atoms. The summed E-state index contributed by atoms with van der Waals surface area (Å²) in [5, 5.41) is 0. The highest BCUT2D eigenvalue weighted by molar-refractivity contribution is 5.69. The van der Waals surface area contributed by atoms with Crippen molar-refractivity contribution in [1.82, 2.24) is 4.90 Å². The predicted molar refractivity (Wildman–Crippen MR) is 81.2 cm³/mol. The molecule has 3 aliphatic rings. The molecule has 2 heterocycles. The second-order valence-electron chi connectivity index (χ2n) is 8.00. The number of amides is 1. The Bertz CT molecular complexity index is 372. The molecule has 1 unspecified atom stereocenters. The van der Waals surface area contributed by atoms with Gasteiger partial charge in [0, 0.05) is 18.7 Å². The first-order valence-corrected chi connectivity index (χ1v) is 8.55. The Kier molecular flexibility index (Phi) is 4.17. The fourth-order valence-electron chi connectivity index (χ4n) is 3.81. The first-order chi connectivity index (χ1) is 9.92. The van der Waals surface area contributed by atoms with Gasteiger partial charge in [-0.25, -0.2) is 4.79 Å². The van der Waals surface area contributed by atoms with E-state index >= 15 is 0 Å². The minimum absolute atomic E-state index is 0.132. The van der Waals surface area contributed by atoms with Crippen LogP contribution in [0.15, 0.2) is 0 Å². The zero-order valence-electron chi connectivity index (χ0n) is 13.6. The molecule has 120 valence electrons. The van der Waals surface area contributed by atoms with E-state index in [1.807, 2.05) is 25.7 Å². The van der Waals surface area contributed by atoms with Gasteiger partial charge in [-0.3, -0.25) is 0 Å². The van der Waals surface area contributed by atoms with Crippen molar-refractivity contribution in [3.05, 3.63) is 0 Å². The van der Waals surface area contributed by atoms with Crippen LogP contribution < -0.4 is 0 Å². The minimum Gasteiger partial charge on any atom is -0.444 e. The van der Waals surface area contributed by atoms with Crippen molar-refractivity contribution in [3.8, 4) is 0 Å². The van der Waals surface area contributed by atoms with Crippen molar-refractivity contribution in [3.63, 3.8) is 0 Å². The van der Waals surface area contributed by atoms with Crippen molar-refractivity contribution < 1.29 is 14.3 Å². The molecular formula is C17H29NO3. The number of hydrogen-bond donors (Lipinski definition) is 0. The van der Waals surface area contributed by atoms with E-state index in [4.69, 9.17) is 9.47 Å². The highest BCUT2D eigenvalue weighted by Gasteiger charge is 2.45. The average Bonchev–Trinajstić information content (AvgIpc) is 2.57. The van der Waals surface area contributed by atoms with Crippen molar-refractivity contribution in [2.24, 2.45) is 5.92 Å². The van der Waals surface area contributed by atoms with Gasteiger partial charge in [-0.05, 0) is 65.2 Å². The number of nitrogens with zero attached hydrogens (tertiary/aromatic N) is 1. The van der Waals surface area contributed by atoms with Crippen molar-refractivity contribution >= 4 is 6.09 Å². The van der Waals surface area contributed by atoms with Gasteiger partial charge in [-0.1, -0.05) is 6.42 Å². The molecule has 0 radical (unpaired) electrons. The molecule has 2 bridgehead atoms. The summed E-state index contributed by atoms with van der Waals surface area (Å²) in [5.41, 5.74) is -0.409. The fraction of sp³-hybridized carbons (Fsp3) is 0.941. The van der Waals surface area contributed by atoms with Crippen LogP contribution in [0.1, 0.15) is 65.7 Å². The van der Waals surface area contributed by atoms with Crippen LogP contribution in [0, 0.1) is 5.92 Å². The largest absolute Gasteiger partial charge is 0.444 e. The number of hydrogen-bond acceptors (Lipinski definition) is 3. The Morgan fingerprint density at radius 1 is 1.10 bits per heavy atom. The van der Waals surface area contributed by atoms with Gasteiger partial charge in [0.2, 0.25) is 0 Å². The maximum Gasteiger partial charge on any atom is 0.410 e. The lowest BCUT2D eigenvalue weighted by Gasteiger charge is -2.40. The number of carbonyl (C=O) groups excluding carboxylic acids is 1. The Labute approximate surface area is 128 Å². The average molecular weight is 295 g/mol. The van der Waals surface area contributed by atoms with Gasteiger partial charge >= 0.3 is 6.09 Å². The van der Waals surface area contributed by atoms with Crippen LogP contribution in [0.3, 0.4) is 0 Å². The van der Waals surface area contributed by atoms with E-state index in [2.05, 4.69) is 0 Å². The van der Waals surface area contributed by atoms with Crippen molar-refractivity contribution in [1.29, 1.82) is 0 Å². The lowest BCUT2D eigenvalue weighted by Crippen LogP contribution is -2.50. The SMILES string of the molecule is CC(C)(C)OC(=O)N1[C@@H]2CC[C@H]1CC(OCC1CCC1)C2. The van der Waals surface area contributed by atoms with Crippen LogP contribution in [0.5, 0.6) is 0 Å². The van der Waals surface area contributed by atoms with Gasteiger partial charge < -0.3 is 14.4 Å². The summed E-state index contributed by atoms with van der Waals surface area (Å²) in [4.78, 5) is 14.4. The molecule has 0 aromatic heterocycles. The smallest absolute Gasteiger partial charge is 0.410 e. The van der Waals surface area contributed by atoms with Crippen LogP contribution in [0.4, 0.5) is 4.79 Å². The molecule has 2 saturated heterocycles. The molecule has 3 rings (SSSR count).